The van der Waals surface area contributed by atoms with Crippen LogP contribution in [-0.2, 0) is 16.1 Å². The molecule has 0 bridgehead atoms. The molecule has 1 atom stereocenters. The van der Waals surface area contributed by atoms with E-state index in [2.05, 4.69) is 59.7 Å². The van der Waals surface area contributed by atoms with Crippen LogP contribution in [0.3, 0.4) is 0 Å². The third kappa shape index (κ3) is 4.61. The monoisotopic (exact) mass is 353 g/mol. The summed E-state index contributed by atoms with van der Waals surface area (Å²) in [5, 5.41) is 8.20. The highest BCUT2D eigenvalue weighted by atomic mass is 16.2. The highest BCUT2D eigenvalue weighted by molar-refractivity contribution is 5.89. The van der Waals surface area contributed by atoms with Crippen molar-refractivity contribution in [1.82, 2.24) is 15.5 Å². The molecular weight excluding hydrogens is 326 g/mol. The molecule has 3 rings (SSSR count). The van der Waals surface area contributed by atoms with Crippen molar-refractivity contribution < 1.29 is 9.59 Å². The molecular formula is C21H27N3O2. The first-order valence-electron chi connectivity index (χ1n) is 9.29. The first-order valence-corrected chi connectivity index (χ1v) is 9.29. The van der Waals surface area contributed by atoms with E-state index in [4.69, 9.17) is 0 Å². The summed E-state index contributed by atoms with van der Waals surface area (Å²) < 4.78 is 0. The van der Waals surface area contributed by atoms with Crippen LogP contribution >= 0.6 is 0 Å². The van der Waals surface area contributed by atoms with E-state index in [1.807, 2.05) is 12.1 Å². The number of benzene rings is 2. The van der Waals surface area contributed by atoms with Crippen LogP contribution in [0.25, 0.3) is 10.8 Å². The van der Waals surface area contributed by atoms with Crippen LogP contribution in [-0.4, -0.2) is 42.4 Å². The summed E-state index contributed by atoms with van der Waals surface area (Å²) in [7, 11) is 0. The molecule has 5 heteroatoms. The lowest BCUT2D eigenvalue weighted by molar-refractivity contribution is -0.134. The highest BCUT2D eigenvalue weighted by Gasteiger charge is 2.31. The summed E-state index contributed by atoms with van der Waals surface area (Å²) in [5.74, 6) is 0.272. The molecule has 0 radical (unpaired) electrons. The van der Waals surface area contributed by atoms with Gasteiger partial charge in [0.25, 0.3) is 0 Å². The van der Waals surface area contributed by atoms with E-state index in [0.717, 1.165) is 12.1 Å². The lowest BCUT2D eigenvalue weighted by atomic mass is 10.0. The molecule has 0 aromatic heterocycles. The van der Waals surface area contributed by atoms with Crippen LogP contribution in [0.4, 0.5) is 0 Å². The molecule has 2 aromatic rings. The van der Waals surface area contributed by atoms with E-state index in [0.29, 0.717) is 25.6 Å². The minimum absolute atomic E-state index is 0.0586. The predicted molar refractivity (Wildman–Crippen MR) is 104 cm³/mol. The largest absolute Gasteiger partial charge is 0.356 e. The lowest BCUT2D eigenvalue weighted by Crippen LogP contribution is -2.56. The van der Waals surface area contributed by atoms with Gasteiger partial charge in [-0.3, -0.25) is 14.5 Å². The van der Waals surface area contributed by atoms with Gasteiger partial charge >= 0.3 is 0 Å². The molecule has 0 saturated carbocycles. The van der Waals surface area contributed by atoms with Crippen LogP contribution in [0.1, 0.15) is 25.8 Å². The molecule has 1 fully saturated rings. The Kier molecular flexibility index (Phi) is 5.89. The summed E-state index contributed by atoms with van der Waals surface area (Å²) in [4.78, 5) is 26.7. The first-order chi connectivity index (χ1) is 12.5. The molecule has 0 spiro atoms. The quantitative estimate of drug-likeness (QED) is 0.838. The van der Waals surface area contributed by atoms with Gasteiger partial charge in [-0.05, 0) is 28.3 Å². The van der Waals surface area contributed by atoms with Gasteiger partial charge < -0.3 is 10.6 Å². The molecule has 2 N–H and O–H groups in total. The summed E-state index contributed by atoms with van der Waals surface area (Å²) in [6, 6.07) is 14.2. The van der Waals surface area contributed by atoms with Crippen molar-refractivity contribution in [3.63, 3.8) is 0 Å². The smallest absolute Gasteiger partial charge is 0.237 e. The van der Waals surface area contributed by atoms with Crippen molar-refractivity contribution in [2.24, 2.45) is 5.92 Å². The molecule has 1 heterocycles. The third-order valence-electron chi connectivity index (χ3n) is 4.73. The number of nitrogens with zero attached hydrogens (tertiary/aromatic N) is 1. The second kappa shape index (κ2) is 8.32. The molecule has 138 valence electrons. The normalized spacial score (nSPS) is 18.1. The number of fused-ring (bicyclic) bond motifs is 1. The standard InChI is InChI=1S/C21H27N3O2/c1-15(2)13-23-20(25)12-19-21(26)22-9-10-24(19)14-16-7-8-17-5-3-4-6-18(17)11-16/h3-8,11,15,19H,9-10,12-14H2,1-2H3,(H,22,26)(H,23,25)/t19-/m1/s1. The van der Waals surface area contributed by atoms with E-state index in [1.54, 1.807) is 0 Å². The minimum Gasteiger partial charge on any atom is -0.356 e. The number of amides is 2. The molecule has 1 saturated heterocycles. The van der Waals surface area contributed by atoms with Gasteiger partial charge in [0, 0.05) is 26.2 Å². The second-order valence-electron chi connectivity index (χ2n) is 7.36. The van der Waals surface area contributed by atoms with E-state index in [1.165, 1.54) is 10.8 Å². The number of carbonyl (C=O) groups excluding carboxylic acids is 2. The van der Waals surface area contributed by atoms with Gasteiger partial charge in [-0.1, -0.05) is 50.2 Å². The van der Waals surface area contributed by atoms with Crippen LogP contribution in [0, 0.1) is 5.92 Å². The Balaban J connectivity index is 1.70. The maximum absolute atomic E-state index is 12.3. The van der Waals surface area contributed by atoms with E-state index in [-0.39, 0.29) is 18.2 Å². The van der Waals surface area contributed by atoms with Gasteiger partial charge in [-0.25, -0.2) is 0 Å². The molecule has 1 aliphatic rings. The average molecular weight is 353 g/mol. The predicted octanol–water partition coefficient (Wildman–Crippen LogP) is 2.30. The molecule has 2 amide bonds. The Morgan fingerprint density at radius 2 is 2.00 bits per heavy atom. The maximum Gasteiger partial charge on any atom is 0.237 e. The summed E-state index contributed by atoms with van der Waals surface area (Å²) in [6.07, 6.45) is 0.201. The third-order valence-corrected chi connectivity index (χ3v) is 4.73. The van der Waals surface area contributed by atoms with Crippen molar-refractivity contribution in [3.05, 3.63) is 48.0 Å². The van der Waals surface area contributed by atoms with Crippen molar-refractivity contribution in [1.29, 1.82) is 0 Å². The van der Waals surface area contributed by atoms with E-state index >= 15 is 0 Å². The topological polar surface area (TPSA) is 61.4 Å². The van der Waals surface area contributed by atoms with Crippen molar-refractivity contribution in [2.45, 2.75) is 32.9 Å². The molecule has 0 unspecified atom stereocenters. The zero-order chi connectivity index (χ0) is 18.5. The summed E-state index contributed by atoms with van der Waals surface area (Å²) in [5.41, 5.74) is 1.16. The van der Waals surface area contributed by atoms with E-state index < -0.39 is 6.04 Å². The van der Waals surface area contributed by atoms with E-state index in [9.17, 15) is 9.59 Å². The lowest BCUT2D eigenvalue weighted by Gasteiger charge is -2.34. The second-order valence-corrected chi connectivity index (χ2v) is 7.36. The summed E-state index contributed by atoms with van der Waals surface area (Å²) in [6.45, 7) is 6.79. The van der Waals surface area contributed by atoms with Crippen LogP contribution < -0.4 is 10.6 Å². The summed E-state index contributed by atoms with van der Waals surface area (Å²) >= 11 is 0. The Labute approximate surface area is 154 Å². The van der Waals surface area contributed by atoms with Gasteiger partial charge in [-0.2, -0.15) is 0 Å². The Morgan fingerprint density at radius 3 is 2.77 bits per heavy atom. The molecule has 26 heavy (non-hydrogen) atoms. The Morgan fingerprint density at radius 1 is 1.23 bits per heavy atom. The van der Waals surface area contributed by atoms with Crippen LogP contribution in [0.5, 0.6) is 0 Å². The number of rotatable bonds is 6. The molecule has 0 aliphatic carbocycles. The zero-order valence-corrected chi connectivity index (χ0v) is 15.5. The average Bonchev–Trinajstić information content (AvgIpc) is 2.63. The number of piperazine rings is 1. The number of nitrogens with one attached hydrogen (secondary N) is 2. The first kappa shape index (κ1) is 18.4. The van der Waals surface area contributed by atoms with Gasteiger partial charge in [0.05, 0.1) is 12.5 Å². The maximum atomic E-state index is 12.3. The molecule has 5 nitrogen and oxygen atoms in total. The number of carbonyl (C=O) groups is 2. The molecule has 2 aromatic carbocycles. The Bertz CT molecular complexity index is 788. The minimum atomic E-state index is -0.414. The van der Waals surface area contributed by atoms with Gasteiger partial charge in [0.15, 0.2) is 0 Å². The number of hydrogen-bond donors (Lipinski definition) is 2. The van der Waals surface area contributed by atoms with Crippen molar-refractivity contribution >= 4 is 22.6 Å². The fraction of sp³-hybridized carbons (Fsp3) is 0.429. The van der Waals surface area contributed by atoms with Crippen LogP contribution in [0.2, 0.25) is 0 Å². The van der Waals surface area contributed by atoms with Gasteiger partial charge in [0.1, 0.15) is 0 Å². The van der Waals surface area contributed by atoms with Crippen molar-refractivity contribution in [3.8, 4) is 0 Å². The Hall–Kier alpha value is -2.40. The van der Waals surface area contributed by atoms with Crippen molar-refractivity contribution in [2.75, 3.05) is 19.6 Å². The van der Waals surface area contributed by atoms with Gasteiger partial charge in [0.2, 0.25) is 11.8 Å². The number of hydrogen-bond acceptors (Lipinski definition) is 3. The SMILES string of the molecule is CC(C)CNC(=O)C[C@@H]1C(=O)NCCN1Cc1ccc2ccccc2c1. The highest BCUT2D eigenvalue weighted by Crippen LogP contribution is 2.19. The van der Waals surface area contributed by atoms with Gasteiger partial charge in [-0.15, -0.1) is 0 Å². The molecule has 1 aliphatic heterocycles. The zero-order valence-electron chi connectivity index (χ0n) is 15.5. The fourth-order valence-corrected chi connectivity index (χ4v) is 3.31. The van der Waals surface area contributed by atoms with Crippen LogP contribution in [0.15, 0.2) is 42.5 Å². The fourth-order valence-electron chi connectivity index (χ4n) is 3.31.